The number of fused-ring (bicyclic) bond motifs is 1. The van der Waals surface area contributed by atoms with Crippen LogP contribution in [0.5, 0.6) is 0 Å². The molecule has 3 heterocycles. The summed E-state index contributed by atoms with van der Waals surface area (Å²) in [5.41, 5.74) is 5.26. The van der Waals surface area contributed by atoms with Crippen LogP contribution in [0, 0.1) is 0 Å². The molecule has 5 atom stereocenters. The molecule has 3 rings (SSSR count). The molecule has 1 unspecified atom stereocenters. The van der Waals surface area contributed by atoms with Gasteiger partial charge in [0.25, 0.3) is 5.56 Å². The highest BCUT2D eigenvalue weighted by molar-refractivity contribution is 7.51. The van der Waals surface area contributed by atoms with E-state index in [1.807, 2.05) is 0 Å². The number of nitrogens with two attached hydrogens (primary N) is 1. The summed E-state index contributed by atoms with van der Waals surface area (Å²) in [7, 11) is -2.36. The predicted molar refractivity (Wildman–Crippen MR) is 85.0 cm³/mol. The van der Waals surface area contributed by atoms with Gasteiger partial charge in [-0.1, -0.05) is 0 Å². The second-order valence-corrected chi connectivity index (χ2v) is 7.49. The fraction of sp³-hybridized carbons (Fsp3) is 0.583. The van der Waals surface area contributed by atoms with Gasteiger partial charge in [0.05, 0.1) is 12.9 Å². The van der Waals surface area contributed by atoms with E-state index in [0.29, 0.717) is 0 Å². The first-order chi connectivity index (χ1) is 11.7. The highest BCUT2D eigenvalue weighted by Gasteiger charge is 2.46. The summed E-state index contributed by atoms with van der Waals surface area (Å²) in [6.07, 6.45) is -2.48. The van der Waals surface area contributed by atoms with Crippen LogP contribution in [0.25, 0.3) is 11.2 Å². The molecule has 0 aromatic carbocycles. The number of nitrogens with one attached hydrogen (secondary N) is 1. The molecule has 13 heteroatoms. The smallest absolute Gasteiger partial charge is 0.325 e. The number of anilines is 1. The van der Waals surface area contributed by atoms with Crippen molar-refractivity contribution in [1.82, 2.24) is 19.5 Å². The summed E-state index contributed by atoms with van der Waals surface area (Å²) in [5, 5.41) is 10.3. The van der Waals surface area contributed by atoms with Gasteiger partial charge in [-0.05, 0) is 0 Å². The topological polar surface area (TPSA) is 175 Å². The Morgan fingerprint density at radius 1 is 1.56 bits per heavy atom. The number of hydrogen-bond acceptors (Lipinski definition) is 9. The Hall–Kier alpha value is -1.82. The summed E-state index contributed by atoms with van der Waals surface area (Å²) >= 11 is 0. The molecule has 0 saturated carbocycles. The molecule has 1 aliphatic rings. The third-order valence-corrected chi connectivity index (χ3v) is 4.42. The number of aromatic amines is 1. The van der Waals surface area contributed by atoms with Crippen LogP contribution in [0.4, 0.5) is 5.95 Å². The standard InChI is InChI=1S/C12H18N5O7P/c1-22-8-7(18)5(3-23-25(2,20)21)24-11(8)17-4-14-6-9(17)15-12(13)16-10(6)19/h4-5,7-8,11,18H,3H2,1-2H3,(H,20,21)(H3,13,15,16,19)/t5-,7-,8-,11-/m1/s1. The highest BCUT2D eigenvalue weighted by Crippen LogP contribution is 2.39. The molecule has 0 radical (unpaired) electrons. The van der Waals surface area contributed by atoms with Gasteiger partial charge >= 0.3 is 7.60 Å². The average Bonchev–Trinajstić information content (AvgIpc) is 3.05. The van der Waals surface area contributed by atoms with Crippen LogP contribution in [0.15, 0.2) is 11.1 Å². The lowest BCUT2D eigenvalue weighted by Crippen LogP contribution is -2.35. The number of nitrogen functional groups attached to an aromatic ring is 1. The average molecular weight is 375 g/mol. The molecular weight excluding hydrogens is 357 g/mol. The van der Waals surface area contributed by atoms with E-state index in [9.17, 15) is 19.4 Å². The number of aromatic nitrogens is 4. The maximum Gasteiger partial charge on any atom is 0.325 e. The van der Waals surface area contributed by atoms with E-state index >= 15 is 0 Å². The lowest BCUT2D eigenvalue weighted by Gasteiger charge is -2.19. The van der Waals surface area contributed by atoms with E-state index in [1.165, 1.54) is 18.0 Å². The summed E-state index contributed by atoms with van der Waals surface area (Å²) in [5.74, 6) is -0.0983. The molecule has 138 valence electrons. The van der Waals surface area contributed by atoms with Gasteiger partial charge < -0.3 is 29.7 Å². The molecule has 0 spiro atoms. The molecule has 0 amide bonds. The van der Waals surface area contributed by atoms with Crippen molar-refractivity contribution >= 4 is 24.7 Å². The van der Waals surface area contributed by atoms with Gasteiger partial charge in [-0.15, -0.1) is 0 Å². The quantitative estimate of drug-likeness (QED) is 0.465. The van der Waals surface area contributed by atoms with Crippen molar-refractivity contribution in [3.05, 3.63) is 16.7 Å². The van der Waals surface area contributed by atoms with Crippen molar-refractivity contribution < 1.29 is 28.6 Å². The number of hydrogen-bond donors (Lipinski definition) is 4. The van der Waals surface area contributed by atoms with Crippen molar-refractivity contribution in [1.29, 1.82) is 0 Å². The van der Waals surface area contributed by atoms with E-state index in [2.05, 4.69) is 15.0 Å². The molecule has 1 saturated heterocycles. The van der Waals surface area contributed by atoms with Crippen molar-refractivity contribution in [2.75, 3.05) is 26.1 Å². The van der Waals surface area contributed by atoms with Gasteiger partial charge in [0.2, 0.25) is 5.95 Å². The van der Waals surface area contributed by atoms with E-state index < -0.39 is 37.7 Å². The monoisotopic (exact) mass is 375 g/mol. The zero-order chi connectivity index (χ0) is 18.4. The number of rotatable bonds is 5. The van der Waals surface area contributed by atoms with Crippen LogP contribution in [0.1, 0.15) is 6.23 Å². The minimum absolute atomic E-state index is 0.0512. The Morgan fingerprint density at radius 2 is 2.28 bits per heavy atom. The Balaban J connectivity index is 1.94. The number of H-pyrrole nitrogens is 1. The van der Waals surface area contributed by atoms with Gasteiger partial charge in [0.1, 0.15) is 18.3 Å². The SMILES string of the molecule is CO[C@@H]1[C@H](O)[C@@H](COP(C)(=O)O)O[C@H]1n1cnc2c(=O)[nH]c(N)nc21. The van der Waals surface area contributed by atoms with E-state index in [0.717, 1.165) is 6.66 Å². The first-order valence-corrected chi connectivity index (χ1v) is 9.27. The van der Waals surface area contributed by atoms with E-state index in [1.54, 1.807) is 0 Å². The summed E-state index contributed by atoms with van der Waals surface area (Å²) in [6, 6.07) is 0. The minimum atomic E-state index is -3.73. The fourth-order valence-electron chi connectivity index (χ4n) is 2.68. The van der Waals surface area contributed by atoms with Gasteiger partial charge in [-0.3, -0.25) is 18.9 Å². The Morgan fingerprint density at radius 3 is 2.92 bits per heavy atom. The summed E-state index contributed by atoms with van der Waals surface area (Å²) in [6.45, 7) is 0.715. The van der Waals surface area contributed by atoms with Crippen molar-refractivity contribution in [3.8, 4) is 0 Å². The van der Waals surface area contributed by atoms with Crippen LogP contribution in [0.2, 0.25) is 0 Å². The second kappa shape index (κ2) is 6.48. The Bertz CT molecular complexity index is 876. The maximum atomic E-state index is 11.9. The van der Waals surface area contributed by atoms with Gasteiger partial charge in [0, 0.05) is 13.8 Å². The van der Waals surface area contributed by atoms with Crippen LogP contribution in [-0.4, -0.2) is 68.2 Å². The fourth-order valence-corrected chi connectivity index (χ4v) is 3.10. The number of imidazole rings is 1. The van der Waals surface area contributed by atoms with E-state index in [4.69, 9.17) is 19.7 Å². The molecule has 2 aromatic heterocycles. The predicted octanol–water partition coefficient (Wildman–Crippen LogP) is -1.19. The highest BCUT2D eigenvalue weighted by atomic mass is 31.2. The molecule has 0 aliphatic carbocycles. The van der Waals surface area contributed by atoms with Crippen LogP contribution < -0.4 is 11.3 Å². The van der Waals surface area contributed by atoms with Crippen LogP contribution >= 0.6 is 7.60 Å². The molecule has 5 N–H and O–H groups in total. The minimum Gasteiger partial charge on any atom is -0.387 e. The lowest BCUT2D eigenvalue weighted by molar-refractivity contribution is -0.0565. The second-order valence-electron chi connectivity index (χ2n) is 5.63. The normalized spacial score (nSPS) is 29.1. The molecule has 25 heavy (non-hydrogen) atoms. The number of ether oxygens (including phenoxy) is 2. The van der Waals surface area contributed by atoms with Crippen molar-refractivity contribution in [2.24, 2.45) is 0 Å². The van der Waals surface area contributed by atoms with Crippen LogP contribution in [-0.2, 0) is 18.6 Å². The first kappa shape index (κ1) is 18.0. The van der Waals surface area contributed by atoms with Gasteiger partial charge in [0.15, 0.2) is 17.4 Å². The summed E-state index contributed by atoms with van der Waals surface area (Å²) in [4.78, 5) is 31.4. The first-order valence-electron chi connectivity index (χ1n) is 7.24. The maximum absolute atomic E-state index is 11.9. The van der Waals surface area contributed by atoms with Gasteiger partial charge in [-0.25, -0.2) is 4.98 Å². The number of methoxy groups -OCH3 is 1. The van der Waals surface area contributed by atoms with E-state index in [-0.39, 0.29) is 23.7 Å². The lowest BCUT2D eigenvalue weighted by atomic mass is 10.1. The zero-order valence-electron chi connectivity index (χ0n) is 13.4. The number of aliphatic hydroxyl groups excluding tert-OH is 1. The third kappa shape index (κ3) is 3.45. The molecular formula is C12H18N5O7P. The molecule has 1 fully saturated rings. The van der Waals surface area contributed by atoms with Crippen LogP contribution in [0.3, 0.4) is 0 Å². The number of aliphatic hydroxyl groups is 1. The Kier molecular flexibility index (Phi) is 4.66. The molecule has 12 nitrogen and oxygen atoms in total. The zero-order valence-corrected chi connectivity index (χ0v) is 14.3. The van der Waals surface area contributed by atoms with Crippen molar-refractivity contribution in [3.63, 3.8) is 0 Å². The van der Waals surface area contributed by atoms with Crippen molar-refractivity contribution in [2.45, 2.75) is 24.5 Å². The molecule has 1 aliphatic heterocycles. The largest absolute Gasteiger partial charge is 0.387 e. The third-order valence-electron chi connectivity index (χ3n) is 3.79. The molecule has 2 aromatic rings. The summed E-state index contributed by atoms with van der Waals surface area (Å²) < 4.78 is 28.5. The molecule has 0 bridgehead atoms. The Labute approximate surface area is 141 Å². The van der Waals surface area contributed by atoms with Gasteiger partial charge in [-0.2, -0.15) is 4.98 Å². The number of nitrogens with zero attached hydrogens (tertiary/aromatic N) is 3.